The van der Waals surface area contributed by atoms with Gasteiger partial charge in [0.15, 0.2) is 11.5 Å². The minimum atomic E-state index is -3.56. The molecule has 1 N–H and O–H groups in total. The van der Waals surface area contributed by atoms with E-state index in [-0.39, 0.29) is 4.90 Å². The molecule has 1 aliphatic heterocycles. The summed E-state index contributed by atoms with van der Waals surface area (Å²) in [5.41, 5.74) is 0. The molecule has 118 valence electrons. The Morgan fingerprint density at radius 3 is 2.77 bits per heavy atom. The van der Waals surface area contributed by atoms with Crippen LogP contribution in [-0.2, 0) is 16.4 Å². The second-order valence-electron chi connectivity index (χ2n) is 4.80. The predicted octanol–water partition coefficient (Wildman–Crippen LogP) is 1.74. The average molecular weight is 340 g/mol. The summed E-state index contributed by atoms with van der Waals surface area (Å²) in [6.07, 6.45) is 2.40. The first-order valence-corrected chi connectivity index (χ1v) is 9.15. The molecular weight excluding hydrogens is 324 g/mol. The first-order valence-electron chi connectivity index (χ1n) is 6.85. The van der Waals surface area contributed by atoms with E-state index in [1.54, 1.807) is 23.6 Å². The first kappa shape index (κ1) is 15.3. The van der Waals surface area contributed by atoms with Crippen LogP contribution in [0, 0.1) is 6.92 Å². The summed E-state index contributed by atoms with van der Waals surface area (Å²) in [4.78, 5) is 5.38. The highest BCUT2D eigenvalue weighted by Gasteiger charge is 2.19. The van der Waals surface area contributed by atoms with Gasteiger partial charge in [-0.15, -0.1) is 11.3 Å². The number of sulfonamides is 1. The lowest BCUT2D eigenvalue weighted by Gasteiger charge is -2.18. The van der Waals surface area contributed by atoms with Crippen LogP contribution in [0.2, 0.25) is 0 Å². The number of ether oxygens (including phenoxy) is 2. The molecule has 0 amide bonds. The summed E-state index contributed by atoms with van der Waals surface area (Å²) in [6, 6.07) is 4.63. The van der Waals surface area contributed by atoms with Crippen LogP contribution in [0.15, 0.2) is 29.3 Å². The third kappa shape index (κ3) is 3.40. The molecule has 0 radical (unpaired) electrons. The van der Waals surface area contributed by atoms with Gasteiger partial charge in [0.2, 0.25) is 10.0 Å². The highest BCUT2D eigenvalue weighted by Crippen LogP contribution is 2.32. The first-order chi connectivity index (χ1) is 10.5. The Balaban J connectivity index is 1.67. The topological polar surface area (TPSA) is 77.5 Å². The SMILES string of the molecule is Cc1ncc(CCNS(=O)(=O)c2ccc3c(c2)OCCO3)s1. The van der Waals surface area contributed by atoms with Crippen LogP contribution < -0.4 is 14.2 Å². The number of fused-ring (bicyclic) bond motifs is 1. The van der Waals surface area contributed by atoms with E-state index in [1.807, 2.05) is 6.92 Å². The Morgan fingerprint density at radius 2 is 2.05 bits per heavy atom. The van der Waals surface area contributed by atoms with E-state index >= 15 is 0 Å². The summed E-state index contributed by atoms with van der Waals surface area (Å²) < 4.78 is 38.0. The third-order valence-electron chi connectivity index (χ3n) is 3.16. The maximum atomic E-state index is 12.3. The molecule has 0 fully saturated rings. The van der Waals surface area contributed by atoms with Crippen molar-refractivity contribution in [2.75, 3.05) is 19.8 Å². The predicted molar refractivity (Wildman–Crippen MR) is 83.2 cm³/mol. The molecule has 0 saturated carbocycles. The zero-order valence-corrected chi connectivity index (χ0v) is 13.7. The van der Waals surface area contributed by atoms with Crippen molar-refractivity contribution in [2.24, 2.45) is 0 Å². The van der Waals surface area contributed by atoms with Gasteiger partial charge in [0.05, 0.1) is 9.90 Å². The van der Waals surface area contributed by atoms with Crippen LogP contribution in [0.25, 0.3) is 0 Å². The highest BCUT2D eigenvalue weighted by molar-refractivity contribution is 7.89. The summed E-state index contributed by atoms with van der Waals surface area (Å²) in [7, 11) is -3.56. The van der Waals surface area contributed by atoms with E-state index in [0.717, 1.165) is 9.88 Å². The van der Waals surface area contributed by atoms with Gasteiger partial charge in [-0.3, -0.25) is 0 Å². The molecule has 0 bridgehead atoms. The number of aromatic nitrogens is 1. The monoisotopic (exact) mass is 340 g/mol. The second-order valence-corrected chi connectivity index (χ2v) is 7.89. The standard InChI is InChI=1S/C14H16N2O4S2/c1-10-15-9-11(21-10)4-5-16-22(17,18)12-2-3-13-14(8-12)20-7-6-19-13/h2-3,8-9,16H,4-7H2,1H3. The van der Waals surface area contributed by atoms with Crippen molar-refractivity contribution in [3.05, 3.63) is 34.3 Å². The largest absolute Gasteiger partial charge is 0.486 e. The number of thiazole rings is 1. The van der Waals surface area contributed by atoms with Crippen molar-refractivity contribution < 1.29 is 17.9 Å². The van der Waals surface area contributed by atoms with Crippen LogP contribution >= 0.6 is 11.3 Å². The molecule has 0 unspecified atom stereocenters. The van der Waals surface area contributed by atoms with Crippen LogP contribution in [0.1, 0.15) is 9.88 Å². The van der Waals surface area contributed by atoms with Gasteiger partial charge in [-0.2, -0.15) is 0 Å². The lowest BCUT2D eigenvalue weighted by Crippen LogP contribution is -2.26. The lowest BCUT2D eigenvalue weighted by molar-refractivity contribution is 0.171. The molecule has 1 aromatic carbocycles. The fourth-order valence-corrected chi connectivity index (χ4v) is 3.94. The molecule has 2 heterocycles. The van der Waals surface area contributed by atoms with Gasteiger partial charge in [0.1, 0.15) is 13.2 Å². The van der Waals surface area contributed by atoms with Gasteiger partial charge in [-0.1, -0.05) is 0 Å². The van der Waals surface area contributed by atoms with Gasteiger partial charge in [-0.05, 0) is 25.5 Å². The van der Waals surface area contributed by atoms with Crippen LogP contribution in [0.5, 0.6) is 11.5 Å². The summed E-state index contributed by atoms with van der Waals surface area (Å²) in [5.74, 6) is 1.04. The maximum absolute atomic E-state index is 12.3. The molecular formula is C14H16N2O4S2. The van der Waals surface area contributed by atoms with Gasteiger partial charge in [0.25, 0.3) is 0 Å². The number of aryl methyl sites for hydroxylation is 1. The molecule has 1 aliphatic rings. The zero-order valence-electron chi connectivity index (χ0n) is 12.0. The molecule has 8 heteroatoms. The second kappa shape index (κ2) is 6.23. The minimum Gasteiger partial charge on any atom is -0.486 e. The van der Waals surface area contributed by atoms with E-state index in [4.69, 9.17) is 9.47 Å². The van der Waals surface area contributed by atoms with E-state index in [1.165, 1.54) is 12.1 Å². The van der Waals surface area contributed by atoms with Crippen molar-refractivity contribution in [1.82, 2.24) is 9.71 Å². The summed E-state index contributed by atoms with van der Waals surface area (Å²) >= 11 is 1.57. The van der Waals surface area contributed by atoms with E-state index < -0.39 is 10.0 Å². The number of rotatable bonds is 5. The minimum absolute atomic E-state index is 0.178. The van der Waals surface area contributed by atoms with E-state index in [0.29, 0.717) is 37.7 Å². The maximum Gasteiger partial charge on any atom is 0.240 e. The van der Waals surface area contributed by atoms with Crippen LogP contribution in [0.4, 0.5) is 0 Å². The van der Waals surface area contributed by atoms with Crippen LogP contribution in [-0.4, -0.2) is 33.2 Å². The molecule has 1 aromatic heterocycles. The molecule has 0 saturated heterocycles. The van der Waals surface area contributed by atoms with Crippen molar-refractivity contribution in [1.29, 1.82) is 0 Å². The summed E-state index contributed by atoms with van der Waals surface area (Å²) in [6.45, 7) is 3.16. The molecule has 0 spiro atoms. The Morgan fingerprint density at radius 1 is 1.27 bits per heavy atom. The van der Waals surface area contributed by atoms with Gasteiger partial charge < -0.3 is 9.47 Å². The van der Waals surface area contributed by atoms with Gasteiger partial charge in [0, 0.05) is 23.7 Å². The lowest BCUT2D eigenvalue weighted by atomic mass is 10.3. The summed E-state index contributed by atoms with van der Waals surface area (Å²) in [5, 5.41) is 0.977. The Hall–Kier alpha value is -1.64. The molecule has 2 aromatic rings. The van der Waals surface area contributed by atoms with E-state index in [2.05, 4.69) is 9.71 Å². The van der Waals surface area contributed by atoms with Crippen molar-refractivity contribution in [3.8, 4) is 11.5 Å². The van der Waals surface area contributed by atoms with Crippen molar-refractivity contribution >= 4 is 21.4 Å². The number of hydrogen-bond donors (Lipinski definition) is 1. The Bertz CT molecular complexity index is 771. The van der Waals surface area contributed by atoms with Gasteiger partial charge >= 0.3 is 0 Å². The molecule has 22 heavy (non-hydrogen) atoms. The number of benzene rings is 1. The molecule has 0 aliphatic carbocycles. The number of hydrogen-bond acceptors (Lipinski definition) is 6. The van der Waals surface area contributed by atoms with Crippen molar-refractivity contribution in [2.45, 2.75) is 18.2 Å². The quantitative estimate of drug-likeness (QED) is 0.897. The zero-order chi connectivity index (χ0) is 15.6. The Labute approximate surface area is 133 Å². The third-order valence-corrected chi connectivity index (χ3v) is 5.59. The highest BCUT2D eigenvalue weighted by atomic mass is 32.2. The Kier molecular flexibility index (Phi) is 4.32. The normalized spacial score (nSPS) is 14.0. The smallest absolute Gasteiger partial charge is 0.240 e. The molecule has 0 atom stereocenters. The number of nitrogens with one attached hydrogen (secondary N) is 1. The fourth-order valence-electron chi connectivity index (χ4n) is 2.10. The molecule has 3 rings (SSSR count). The fraction of sp³-hybridized carbons (Fsp3) is 0.357. The number of nitrogens with zero attached hydrogens (tertiary/aromatic N) is 1. The van der Waals surface area contributed by atoms with Crippen LogP contribution in [0.3, 0.4) is 0 Å². The molecule has 6 nitrogen and oxygen atoms in total. The van der Waals surface area contributed by atoms with Gasteiger partial charge in [-0.25, -0.2) is 18.1 Å². The van der Waals surface area contributed by atoms with Crippen molar-refractivity contribution in [3.63, 3.8) is 0 Å². The average Bonchev–Trinajstić information content (AvgIpc) is 2.92. The van der Waals surface area contributed by atoms with E-state index in [9.17, 15) is 8.42 Å².